The molecule has 2 aliphatic heterocycles. The molecule has 1 aliphatic carbocycles. The number of hydrogen-bond donors (Lipinski definition) is 3. The molecule has 15 heteroatoms. The number of piperidine rings is 1. The van der Waals surface area contributed by atoms with E-state index in [-0.39, 0.29) is 23.6 Å². The number of nitrogens with zero attached hydrogens (tertiary/aromatic N) is 7. The van der Waals surface area contributed by atoms with Crippen LogP contribution in [0.3, 0.4) is 0 Å². The lowest BCUT2D eigenvalue weighted by Gasteiger charge is -2.36. The Morgan fingerprint density at radius 1 is 0.818 bits per heavy atom. The molecule has 2 saturated heterocycles. The molecule has 1 saturated carbocycles. The number of aromatic nitrogens is 4. The Kier molecular flexibility index (Phi) is 13.0. The third-order valence-corrected chi connectivity index (χ3v) is 11.9. The van der Waals surface area contributed by atoms with Gasteiger partial charge in [-0.3, -0.25) is 28.5 Å². The van der Waals surface area contributed by atoms with Crippen LogP contribution in [0.5, 0.6) is 0 Å². The highest BCUT2D eigenvalue weighted by Crippen LogP contribution is 2.32. The molecule has 3 atom stereocenters. The van der Waals surface area contributed by atoms with E-state index in [2.05, 4.69) is 49.9 Å². The third-order valence-electron chi connectivity index (χ3n) is 11.9. The lowest BCUT2D eigenvalue weighted by atomic mass is 9.79. The molecular weight excluding hydrogens is 704 g/mol. The highest BCUT2D eigenvalue weighted by Gasteiger charge is 2.36. The molecule has 4 amide bonds. The van der Waals surface area contributed by atoms with Crippen LogP contribution in [0.15, 0.2) is 42.7 Å². The molecular formula is C40H57FN10O4. The van der Waals surface area contributed by atoms with E-state index in [9.17, 15) is 19.2 Å². The Bertz CT molecular complexity index is 1800. The Morgan fingerprint density at radius 2 is 1.45 bits per heavy atom. The van der Waals surface area contributed by atoms with Gasteiger partial charge in [-0.1, -0.05) is 32.8 Å². The SMILES string of the molecule is CCn1nccc1C(=O)N[C@H](C(=O)Nc1ccc([C@H](C)[C@@H](NC(=O)c2ccnn2C2CCN(C)CC2)C(=O)N2CCN(C)CC2)cc1F)[C@H]1CC[C@H](C)CC1. The summed E-state index contributed by atoms with van der Waals surface area (Å²) in [5, 5.41) is 17.4. The number of nitrogens with one attached hydrogen (secondary N) is 3. The number of carbonyl (C=O) groups excluding carboxylic acids is 4. The zero-order valence-electron chi connectivity index (χ0n) is 32.8. The first-order valence-corrected chi connectivity index (χ1v) is 19.9. The highest BCUT2D eigenvalue weighted by atomic mass is 19.1. The van der Waals surface area contributed by atoms with Crippen molar-refractivity contribution in [3.05, 3.63) is 65.5 Å². The van der Waals surface area contributed by atoms with Crippen molar-refractivity contribution in [2.45, 2.75) is 89.9 Å². The molecule has 298 valence electrons. The lowest BCUT2D eigenvalue weighted by Crippen LogP contribution is -2.56. The number of halogens is 1. The normalized spacial score (nSPS) is 21.7. The van der Waals surface area contributed by atoms with Crippen LogP contribution in [-0.4, -0.2) is 123 Å². The molecule has 6 rings (SSSR count). The Labute approximate surface area is 323 Å². The number of hydrogen-bond acceptors (Lipinski definition) is 8. The van der Waals surface area contributed by atoms with Crippen LogP contribution in [0.2, 0.25) is 0 Å². The monoisotopic (exact) mass is 760 g/mol. The summed E-state index contributed by atoms with van der Waals surface area (Å²) in [6.07, 6.45) is 8.27. The minimum Gasteiger partial charge on any atom is -0.339 e. The molecule has 3 fully saturated rings. The fourth-order valence-corrected chi connectivity index (χ4v) is 8.19. The second kappa shape index (κ2) is 17.9. The first kappa shape index (κ1) is 40.0. The first-order valence-electron chi connectivity index (χ1n) is 19.9. The predicted molar refractivity (Wildman–Crippen MR) is 207 cm³/mol. The maximum Gasteiger partial charge on any atom is 0.270 e. The van der Waals surface area contributed by atoms with Crippen LogP contribution < -0.4 is 16.0 Å². The van der Waals surface area contributed by atoms with Crippen molar-refractivity contribution in [3.8, 4) is 0 Å². The number of carbonyl (C=O) groups is 4. The molecule has 0 radical (unpaired) electrons. The molecule has 3 N–H and O–H groups in total. The quantitative estimate of drug-likeness (QED) is 0.253. The average molecular weight is 761 g/mol. The second-order valence-corrected chi connectivity index (χ2v) is 15.8. The summed E-state index contributed by atoms with van der Waals surface area (Å²) in [5.74, 6) is -2.42. The van der Waals surface area contributed by atoms with E-state index in [1.165, 1.54) is 12.1 Å². The Balaban J connectivity index is 1.21. The topological polar surface area (TPSA) is 150 Å². The molecule has 14 nitrogen and oxygen atoms in total. The van der Waals surface area contributed by atoms with Crippen LogP contribution in [0.1, 0.15) is 97.8 Å². The van der Waals surface area contributed by atoms with Crippen molar-refractivity contribution in [1.82, 2.24) is 44.9 Å². The smallest absolute Gasteiger partial charge is 0.270 e. The zero-order chi connectivity index (χ0) is 39.2. The van der Waals surface area contributed by atoms with Crippen molar-refractivity contribution in [1.29, 1.82) is 0 Å². The number of rotatable bonds is 12. The van der Waals surface area contributed by atoms with Gasteiger partial charge in [0.15, 0.2) is 0 Å². The van der Waals surface area contributed by atoms with Crippen LogP contribution in [0.4, 0.5) is 10.1 Å². The van der Waals surface area contributed by atoms with E-state index in [1.807, 2.05) is 14.0 Å². The maximum atomic E-state index is 16.0. The fourth-order valence-electron chi connectivity index (χ4n) is 8.19. The third kappa shape index (κ3) is 9.43. The average Bonchev–Trinajstić information content (AvgIpc) is 3.88. The number of likely N-dealkylation sites (tertiary alicyclic amines) is 1. The summed E-state index contributed by atoms with van der Waals surface area (Å²) in [7, 11) is 4.08. The van der Waals surface area contributed by atoms with E-state index in [0.29, 0.717) is 55.6 Å². The Morgan fingerprint density at radius 3 is 2.13 bits per heavy atom. The van der Waals surface area contributed by atoms with Gasteiger partial charge in [0, 0.05) is 51.0 Å². The largest absolute Gasteiger partial charge is 0.339 e. The van der Waals surface area contributed by atoms with E-state index >= 15 is 4.39 Å². The van der Waals surface area contributed by atoms with Gasteiger partial charge in [0.05, 0.1) is 11.7 Å². The number of benzene rings is 1. The van der Waals surface area contributed by atoms with Crippen LogP contribution >= 0.6 is 0 Å². The van der Waals surface area contributed by atoms with Gasteiger partial charge >= 0.3 is 0 Å². The van der Waals surface area contributed by atoms with Gasteiger partial charge in [0.2, 0.25) is 11.8 Å². The first-order chi connectivity index (χ1) is 26.4. The van der Waals surface area contributed by atoms with Crippen molar-refractivity contribution in [2.24, 2.45) is 11.8 Å². The molecule has 3 aliphatic rings. The lowest BCUT2D eigenvalue weighted by molar-refractivity contribution is -0.135. The highest BCUT2D eigenvalue weighted by molar-refractivity contribution is 6.01. The van der Waals surface area contributed by atoms with Gasteiger partial charge in [-0.15, -0.1) is 0 Å². The van der Waals surface area contributed by atoms with Crippen molar-refractivity contribution < 1.29 is 23.6 Å². The molecule has 2 aromatic heterocycles. The zero-order valence-corrected chi connectivity index (χ0v) is 32.8. The number of amides is 4. The standard InChI is InChI=1S/C40H57FN10O4/c1-6-50-33(13-17-42-50)37(52)46-36(28-9-7-26(2)8-10-28)39(54)44-32-12-11-29(25-31(32)41)27(3)35(40(55)49-23-21-48(5)22-24-49)45-38(53)34-14-18-43-51(34)30-15-19-47(4)20-16-30/h11-14,17-18,25-28,30,35-36H,6-10,15-16,19-24H2,1-5H3,(H,44,54)(H,45,53)(H,46,52)/t26-,27-,28-,35+,36-/m0/s1. The van der Waals surface area contributed by atoms with Crippen molar-refractivity contribution >= 4 is 29.3 Å². The van der Waals surface area contributed by atoms with Crippen molar-refractivity contribution in [2.75, 3.05) is 58.7 Å². The van der Waals surface area contributed by atoms with Crippen LogP contribution in [0.25, 0.3) is 0 Å². The molecule has 1 aromatic carbocycles. The minimum atomic E-state index is -0.985. The van der Waals surface area contributed by atoms with Gasteiger partial charge in [-0.25, -0.2) is 4.39 Å². The number of likely N-dealkylation sites (N-methyl/N-ethyl adjacent to an activating group) is 1. The van der Waals surface area contributed by atoms with E-state index in [0.717, 1.165) is 51.6 Å². The number of piperazine rings is 1. The number of anilines is 1. The summed E-state index contributed by atoms with van der Waals surface area (Å²) >= 11 is 0. The summed E-state index contributed by atoms with van der Waals surface area (Å²) < 4.78 is 19.4. The summed E-state index contributed by atoms with van der Waals surface area (Å²) in [6.45, 7) is 10.6. The van der Waals surface area contributed by atoms with Gasteiger partial charge in [-0.2, -0.15) is 10.2 Å². The van der Waals surface area contributed by atoms with Crippen LogP contribution in [0, 0.1) is 17.7 Å². The van der Waals surface area contributed by atoms with E-state index in [1.54, 1.807) is 51.8 Å². The molecule has 3 aromatic rings. The van der Waals surface area contributed by atoms with Gasteiger partial charge in [0.1, 0.15) is 29.3 Å². The molecule has 55 heavy (non-hydrogen) atoms. The van der Waals surface area contributed by atoms with E-state index in [4.69, 9.17) is 0 Å². The number of aryl methyl sites for hydroxylation is 1. The van der Waals surface area contributed by atoms with Gasteiger partial charge in [-0.05, 0) is 101 Å². The summed E-state index contributed by atoms with van der Waals surface area (Å²) in [6, 6.07) is 5.99. The molecule has 0 spiro atoms. The summed E-state index contributed by atoms with van der Waals surface area (Å²) in [4.78, 5) is 61.5. The molecule has 4 heterocycles. The van der Waals surface area contributed by atoms with Crippen molar-refractivity contribution in [3.63, 3.8) is 0 Å². The molecule has 0 unspecified atom stereocenters. The fraction of sp³-hybridized carbons (Fsp3) is 0.600. The predicted octanol–water partition coefficient (Wildman–Crippen LogP) is 3.74. The Hall–Kier alpha value is -4.63. The minimum absolute atomic E-state index is 0.0315. The molecule has 0 bridgehead atoms. The summed E-state index contributed by atoms with van der Waals surface area (Å²) in [5.41, 5.74) is 1.20. The van der Waals surface area contributed by atoms with E-state index < -0.39 is 41.5 Å². The maximum absolute atomic E-state index is 16.0. The second-order valence-electron chi connectivity index (χ2n) is 15.8. The van der Waals surface area contributed by atoms with Gasteiger partial charge < -0.3 is 30.7 Å². The van der Waals surface area contributed by atoms with Gasteiger partial charge in [0.25, 0.3) is 11.8 Å². The van der Waals surface area contributed by atoms with Crippen LogP contribution in [-0.2, 0) is 16.1 Å².